The van der Waals surface area contributed by atoms with Crippen molar-refractivity contribution in [2.75, 3.05) is 0 Å². The van der Waals surface area contributed by atoms with E-state index in [1.165, 1.54) is 10.7 Å². The van der Waals surface area contributed by atoms with Gasteiger partial charge >= 0.3 is 0 Å². The first-order chi connectivity index (χ1) is 8.66. The quantitative estimate of drug-likeness (QED) is 0.603. The minimum atomic E-state index is -1.20. The Balaban J connectivity index is 2.29. The molecule has 5 heteroatoms. The molecule has 0 amide bonds. The number of hydrogen-bond donors (Lipinski definition) is 0. The van der Waals surface area contributed by atoms with Gasteiger partial charge < -0.3 is 0 Å². The Morgan fingerprint density at radius 2 is 1.67 bits per heavy atom. The Labute approximate surface area is 100 Å². The predicted molar refractivity (Wildman–Crippen MR) is 60.5 cm³/mol. The van der Waals surface area contributed by atoms with Crippen LogP contribution in [0.5, 0.6) is 0 Å². The monoisotopic (exact) mass is 248 g/mol. The SMILES string of the molecule is Fc1cc(F)c(-c2cnn3ccccc23)cc1F. The lowest BCUT2D eigenvalue weighted by Crippen LogP contribution is -1.91. The first-order valence-electron chi connectivity index (χ1n) is 5.24. The second-order valence-corrected chi connectivity index (χ2v) is 3.83. The van der Waals surface area contributed by atoms with Crippen molar-refractivity contribution >= 4 is 5.52 Å². The number of pyridine rings is 1. The summed E-state index contributed by atoms with van der Waals surface area (Å²) < 4.78 is 41.3. The molecule has 0 spiro atoms. The summed E-state index contributed by atoms with van der Waals surface area (Å²) in [6.07, 6.45) is 3.11. The second kappa shape index (κ2) is 3.87. The first kappa shape index (κ1) is 10.8. The number of benzene rings is 1. The van der Waals surface area contributed by atoms with Gasteiger partial charge in [0.05, 0.1) is 11.7 Å². The Kier molecular flexibility index (Phi) is 2.33. The predicted octanol–water partition coefficient (Wildman–Crippen LogP) is 3.42. The van der Waals surface area contributed by atoms with Gasteiger partial charge in [-0.2, -0.15) is 5.10 Å². The lowest BCUT2D eigenvalue weighted by Gasteiger charge is -2.02. The highest BCUT2D eigenvalue weighted by atomic mass is 19.2. The van der Waals surface area contributed by atoms with E-state index in [1.54, 1.807) is 24.4 Å². The smallest absolute Gasteiger partial charge is 0.161 e. The standard InChI is InChI=1S/C13H7F3N2/c14-10-6-12(16)11(15)5-8(10)9-7-17-18-4-2-1-3-13(9)18/h1-7H. The lowest BCUT2D eigenvalue weighted by atomic mass is 10.1. The molecule has 3 rings (SSSR count). The van der Waals surface area contributed by atoms with E-state index in [-0.39, 0.29) is 5.56 Å². The summed E-state index contributed by atoms with van der Waals surface area (Å²) in [7, 11) is 0. The molecular formula is C13H7F3N2. The van der Waals surface area contributed by atoms with Crippen molar-refractivity contribution in [2.45, 2.75) is 0 Å². The summed E-state index contributed by atoms with van der Waals surface area (Å²) in [6.45, 7) is 0. The van der Waals surface area contributed by atoms with Crippen LogP contribution in [-0.2, 0) is 0 Å². The fourth-order valence-corrected chi connectivity index (χ4v) is 1.87. The number of aromatic nitrogens is 2. The van der Waals surface area contributed by atoms with E-state index in [0.29, 0.717) is 17.1 Å². The van der Waals surface area contributed by atoms with E-state index in [9.17, 15) is 13.2 Å². The summed E-state index contributed by atoms with van der Waals surface area (Å²) in [4.78, 5) is 0. The number of rotatable bonds is 1. The van der Waals surface area contributed by atoms with Gasteiger partial charge in [0.1, 0.15) is 5.82 Å². The van der Waals surface area contributed by atoms with Gasteiger partial charge in [-0.25, -0.2) is 17.7 Å². The molecule has 1 aromatic carbocycles. The maximum absolute atomic E-state index is 13.7. The van der Waals surface area contributed by atoms with Gasteiger partial charge in [-0.05, 0) is 18.2 Å². The third-order valence-corrected chi connectivity index (χ3v) is 2.73. The van der Waals surface area contributed by atoms with Gasteiger partial charge in [0, 0.05) is 23.4 Å². The molecular weight excluding hydrogens is 241 g/mol. The molecule has 0 radical (unpaired) electrons. The highest BCUT2D eigenvalue weighted by Crippen LogP contribution is 2.28. The third kappa shape index (κ3) is 1.55. The van der Waals surface area contributed by atoms with Gasteiger partial charge in [-0.15, -0.1) is 0 Å². The van der Waals surface area contributed by atoms with Crippen molar-refractivity contribution in [2.24, 2.45) is 0 Å². The molecule has 2 heterocycles. The van der Waals surface area contributed by atoms with Crippen LogP contribution in [-0.4, -0.2) is 9.61 Å². The van der Waals surface area contributed by atoms with Crippen LogP contribution < -0.4 is 0 Å². The molecule has 0 fully saturated rings. The topological polar surface area (TPSA) is 17.3 Å². The Morgan fingerprint density at radius 1 is 0.889 bits per heavy atom. The summed E-state index contributed by atoms with van der Waals surface area (Å²) in [5, 5.41) is 4.02. The van der Waals surface area contributed by atoms with Gasteiger partial charge in [0.15, 0.2) is 11.6 Å². The Morgan fingerprint density at radius 3 is 2.50 bits per heavy atom. The van der Waals surface area contributed by atoms with E-state index in [0.717, 1.165) is 6.07 Å². The zero-order valence-corrected chi connectivity index (χ0v) is 9.07. The Hall–Kier alpha value is -2.30. The fourth-order valence-electron chi connectivity index (χ4n) is 1.87. The van der Waals surface area contributed by atoms with Crippen molar-refractivity contribution < 1.29 is 13.2 Å². The van der Waals surface area contributed by atoms with E-state index >= 15 is 0 Å². The molecule has 0 bridgehead atoms. The second-order valence-electron chi connectivity index (χ2n) is 3.83. The van der Waals surface area contributed by atoms with Crippen molar-refractivity contribution in [3.05, 3.63) is 60.2 Å². The normalized spacial score (nSPS) is 11.1. The van der Waals surface area contributed by atoms with Crippen LogP contribution in [0.2, 0.25) is 0 Å². The van der Waals surface area contributed by atoms with Crippen molar-refractivity contribution in [3.8, 4) is 11.1 Å². The van der Waals surface area contributed by atoms with E-state index in [4.69, 9.17) is 0 Å². The largest absolute Gasteiger partial charge is 0.240 e. The number of nitrogens with zero attached hydrogens (tertiary/aromatic N) is 2. The Bertz CT molecular complexity index is 734. The lowest BCUT2D eigenvalue weighted by molar-refractivity contribution is 0.496. The summed E-state index contributed by atoms with van der Waals surface area (Å²) in [6, 6.07) is 6.64. The number of hydrogen-bond acceptors (Lipinski definition) is 1. The van der Waals surface area contributed by atoms with Crippen molar-refractivity contribution in [1.29, 1.82) is 0 Å². The van der Waals surface area contributed by atoms with Gasteiger partial charge in [0.2, 0.25) is 0 Å². The van der Waals surface area contributed by atoms with E-state index in [2.05, 4.69) is 5.10 Å². The molecule has 0 aliphatic carbocycles. The molecule has 0 saturated heterocycles. The van der Waals surface area contributed by atoms with E-state index in [1.807, 2.05) is 0 Å². The van der Waals surface area contributed by atoms with Crippen LogP contribution in [0.15, 0.2) is 42.7 Å². The zero-order chi connectivity index (χ0) is 12.7. The third-order valence-electron chi connectivity index (χ3n) is 2.73. The molecule has 0 atom stereocenters. The molecule has 0 N–H and O–H groups in total. The highest BCUT2D eigenvalue weighted by molar-refractivity contribution is 5.80. The molecule has 0 saturated carbocycles. The van der Waals surface area contributed by atoms with Crippen LogP contribution >= 0.6 is 0 Å². The molecule has 0 unspecified atom stereocenters. The van der Waals surface area contributed by atoms with Gasteiger partial charge in [-0.1, -0.05) is 6.07 Å². The average Bonchev–Trinajstić information content (AvgIpc) is 2.78. The van der Waals surface area contributed by atoms with Crippen LogP contribution in [0.1, 0.15) is 0 Å². The molecule has 2 nitrogen and oxygen atoms in total. The summed E-state index contributed by atoms with van der Waals surface area (Å²) >= 11 is 0. The van der Waals surface area contributed by atoms with Gasteiger partial charge in [0.25, 0.3) is 0 Å². The molecule has 18 heavy (non-hydrogen) atoms. The van der Waals surface area contributed by atoms with Crippen molar-refractivity contribution in [3.63, 3.8) is 0 Å². The van der Waals surface area contributed by atoms with Crippen LogP contribution in [0.3, 0.4) is 0 Å². The number of halogens is 3. The molecule has 3 aromatic rings. The highest BCUT2D eigenvalue weighted by Gasteiger charge is 2.14. The zero-order valence-electron chi connectivity index (χ0n) is 9.07. The summed E-state index contributed by atoms with van der Waals surface area (Å²) in [5.74, 6) is -3.10. The van der Waals surface area contributed by atoms with Crippen LogP contribution in [0, 0.1) is 17.5 Å². The van der Waals surface area contributed by atoms with Crippen molar-refractivity contribution in [1.82, 2.24) is 9.61 Å². The first-order valence-corrected chi connectivity index (χ1v) is 5.24. The molecule has 90 valence electrons. The maximum atomic E-state index is 13.7. The van der Waals surface area contributed by atoms with Crippen LogP contribution in [0.4, 0.5) is 13.2 Å². The number of fused-ring (bicyclic) bond motifs is 1. The molecule has 0 aliphatic heterocycles. The maximum Gasteiger partial charge on any atom is 0.161 e. The molecule has 2 aromatic heterocycles. The van der Waals surface area contributed by atoms with Crippen LogP contribution in [0.25, 0.3) is 16.6 Å². The average molecular weight is 248 g/mol. The van der Waals surface area contributed by atoms with Gasteiger partial charge in [-0.3, -0.25) is 0 Å². The minimum Gasteiger partial charge on any atom is -0.240 e. The molecule has 0 aliphatic rings. The van der Waals surface area contributed by atoms with E-state index < -0.39 is 17.5 Å². The minimum absolute atomic E-state index is 0.00454. The fraction of sp³-hybridized carbons (Fsp3) is 0. The summed E-state index contributed by atoms with van der Waals surface area (Å²) in [5.41, 5.74) is 1.05.